The zero-order valence-electron chi connectivity index (χ0n) is 14.9. The molecule has 1 atom stereocenters. The predicted molar refractivity (Wildman–Crippen MR) is 92.2 cm³/mol. The number of carbonyl (C=O) groups excluding carboxylic acids is 2. The predicted octanol–water partition coefficient (Wildman–Crippen LogP) is 0.505. The molecular formula is C17H24F3N4O2+. The maximum Gasteiger partial charge on any atom is 0.416 e. The van der Waals surface area contributed by atoms with E-state index in [2.05, 4.69) is 10.6 Å². The van der Waals surface area contributed by atoms with Crippen molar-refractivity contribution in [1.29, 1.82) is 0 Å². The maximum absolute atomic E-state index is 13.0. The quantitative estimate of drug-likeness (QED) is 0.681. The van der Waals surface area contributed by atoms with E-state index in [1.54, 1.807) is 0 Å². The first-order chi connectivity index (χ1) is 12.2. The highest BCUT2D eigenvalue weighted by Gasteiger charge is 2.32. The van der Waals surface area contributed by atoms with Gasteiger partial charge in [0.05, 0.1) is 30.0 Å². The van der Waals surface area contributed by atoms with Crippen LogP contribution in [0, 0.1) is 0 Å². The number of quaternary nitrogens is 1. The smallest absolute Gasteiger partial charge is 0.370 e. The van der Waals surface area contributed by atoms with Gasteiger partial charge >= 0.3 is 6.18 Å². The molecule has 1 aliphatic heterocycles. The first-order valence-electron chi connectivity index (χ1n) is 8.60. The molecule has 6 nitrogen and oxygen atoms in total. The molecule has 0 radical (unpaired) electrons. The van der Waals surface area contributed by atoms with Crippen LogP contribution < -0.4 is 20.4 Å². The molecule has 3 N–H and O–H groups in total. The standard InChI is InChI=1S/C17H23F3N4O2/c1-3-24(4-2)14-6-5-12(17(18,19)20)9-13(14)22-16(26)11-23-8-7-21-15(25)10-23/h5-6,9H,3-4,7-8,10-11H2,1-2H3,(H,21,25)(H,22,26)/p+1. The minimum Gasteiger partial charge on any atom is -0.370 e. The molecule has 2 amide bonds. The lowest BCUT2D eigenvalue weighted by Crippen LogP contribution is -3.16. The van der Waals surface area contributed by atoms with E-state index in [9.17, 15) is 22.8 Å². The summed E-state index contributed by atoms with van der Waals surface area (Å²) >= 11 is 0. The number of benzene rings is 1. The number of piperazine rings is 1. The molecule has 0 saturated carbocycles. The van der Waals surface area contributed by atoms with Crippen molar-refractivity contribution in [2.24, 2.45) is 0 Å². The van der Waals surface area contributed by atoms with E-state index in [-0.39, 0.29) is 24.7 Å². The Morgan fingerprint density at radius 1 is 1.31 bits per heavy atom. The Morgan fingerprint density at radius 2 is 2.00 bits per heavy atom. The van der Waals surface area contributed by atoms with Crippen molar-refractivity contribution in [3.8, 4) is 0 Å². The van der Waals surface area contributed by atoms with E-state index in [1.165, 1.54) is 6.07 Å². The summed E-state index contributed by atoms with van der Waals surface area (Å²) in [6.07, 6.45) is -4.49. The maximum atomic E-state index is 13.0. The van der Waals surface area contributed by atoms with Crippen molar-refractivity contribution in [3.05, 3.63) is 23.8 Å². The summed E-state index contributed by atoms with van der Waals surface area (Å²) in [5, 5.41) is 5.28. The first kappa shape index (κ1) is 20.0. The topological polar surface area (TPSA) is 65.9 Å². The number of hydrogen-bond donors (Lipinski definition) is 3. The van der Waals surface area contributed by atoms with Crippen LogP contribution in [0.1, 0.15) is 19.4 Å². The van der Waals surface area contributed by atoms with E-state index in [0.717, 1.165) is 17.0 Å². The molecule has 0 spiro atoms. The number of amides is 2. The highest BCUT2D eigenvalue weighted by Crippen LogP contribution is 2.35. The second-order valence-corrected chi connectivity index (χ2v) is 6.15. The van der Waals surface area contributed by atoms with Gasteiger partial charge in [-0.15, -0.1) is 0 Å². The number of nitrogens with zero attached hydrogens (tertiary/aromatic N) is 1. The van der Waals surface area contributed by atoms with Gasteiger partial charge in [0.2, 0.25) is 0 Å². The Morgan fingerprint density at radius 3 is 2.58 bits per heavy atom. The minimum atomic E-state index is -4.49. The van der Waals surface area contributed by atoms with Crippen LogP contribution in [0.5, 0.6) is 0 Å². The zero-order valence-corrected chi connectivity index (χ0v) is 14.9. The molecule has 0 bridgehead atoms. The highest BCUT2D eigenvalue weighted by atomic mass is 19.4. The third kappa shape index (κ3) is 5.10. The Bertz CT molecular complexity index is 660. The van der Waals surface area contributed by atoms with Crippen LogP contribution in [0.3, 0.4) is 0 Å². The second-order valence-electron chi connectivity index (χ2n) is 6.15. The molecule has 9 heteroatoms. The van der Waals surface area contributed by atoms with Gasteiger partial charge in [0.1, 0.15) is 0 Å². The van der Waals surface area contributed by atoms with Crippen LogP contribution in [-0.2, 0) is 15.8 Å². The molecule has 26 heavy (non-hydrogen) atoms. The molecule has 0 aromatic heterocycles. The van der Waals surface area contributed by atoms with Crippen LogP contribution >= 0.6 is 0 Å². The molecule has 1 aromatic carbocycles. The van der Waals surface area contributed by atoms with E-state index in [1.807, 2.05) is 18.7 Å². The van der Waals surface area contributed by atoms with E-state index in [0.29, 0.717) is 31.9 Å². The molecule has 0 aliphatic carbocycles. The van der Waals surface area contributed by atoms with Gasteiger partial charge in [0, 0.05) is 13.1 Å². The van der Waals surface area contributed by atoms with Crippen LogP contribution in [-0.4, -0.2) is 51.1 Å². The Balaban J connectivity index is 2.21. The number of carbonyl (C=O) groups is 2. The molecule has 144 valence electrons. The van der Waals surface area contributed by atoms with Crippen LogP contribution in [0.4, 0.5) is 24.5 Å². The molecule has 1 aliphatic rings. The van der Waals surface area contributed by atoms with Gasteiger partial charge in [-0.05, 0) is 32.0 Å². The van der Waals surface area contributed by atoms with Crippen molar-refractivity contribution in [2.45, 2.75) is 20.0 Å². The largest absolute Gasteiger partial charge is 0.416 e. The van der Waals surface area contributed by atoms with Gasteiger partial charge in [0.15, 0.2) is 13.1 Å². The molecule has 2 rings (SSSR count). The third-order valence-corrected chi connectivity index (χ3v) is 4.32. The number of nitrogens with one attached hydrogen (secondary N) is 3. The lowest BCUT2D eigenvalue weighted by molar-refractivity contribution is -0.885. The van der Waals surface area contributed by atoms with Crippen molar-refractivity contribution in [1.82, 2.24) is 5.32 Å². The lowest BCUT2D eigenvalue weighted by Gasteiger charge is -2.26. The second kappa shape index (κ2) is 8.39. The molecule has 1 aromatic rings. The van der Waals surface area contributed by atoms with Crippen molar-refractivity contribution in [3.63, 3.8) is 0 Å². The van der Waals surface area contributed by atoms with E-state index >= 15 is 0 Å². The van der Waals surface area contributed by atoms with Crippen LogP contribution in [0.15, 0.2) is 18.2 Å². The SMILES string of the molecule is CCN(CC)c1ccc(C(F)(F)F)cc1NC(=O)C[NH+]1CCNC(=O)C1. The number of hydrogen-bond acceptors (Lipinski definition) is 3. The molecular weight excluding hydrogens is 349 g/mol. The Hall–Kier alpha value is -2.29. The highest BCUT2D eigenvalue weighted by molar-refractivity contribution is 5.95. The van der Waals surface area contributed by atoms with E-state index < -0.39 is 17.6 Å². The molecule has 1 unspecified atom stereocenters. The molecule has 1 fully saturated rings. The fraction of sp³-hybridized carbons (Fsp3) is 0.529. The van der Waals surface area contributed by atoms with Gasteiger partial charge in [0.25, 0.3) is 11.8 Å². The van der Waals surface area contributed by atoms with Crippen LogP contribution in [0.2, 0.25) is 0 Å². The summed E-state index contributed by atoms with van der Waals surface area (Å²) in [6.45, 7) is 6.28. The Labute approximate surface area is 150 Å². The summed E-state index contributed by atoms with van der Waals surface area (Å²) in [5.41, 5.74) is -0.134. The number of halogens is 3. The first-order valence-corrected chi connectivity index (χ1v) is 8.60. The third-order valence-electron chi connectivity index (χ3n) is 4.32. The van der Waals surface area contributed by atoms with Gasteiger partial charge < -0.3 is 20.4 Å². The average molecular weight is 373 g/mol. The Kier molecular flexibility index (Phi) is 6.47. The number of rotatable bonds is 6. The van der Waals surface area contributed by atoms with Gasteiger partial charge in [-0.2, -0.15) is 13.2 Å². The van der Waals surface area contributed by atoms with Gasteiger partial charge in [-0.1, -0.05) is 0 Å². The normalized spacial score (nSPS) is 17.6. The zero-order chi connectivity index (χ0) is 19.3. The molecule has 1 heterocycles. The van der Waals surface area contributed by atoms with Crippen molar-refractivity contribution < 1.29 is 27.7 Å². The van der Waals surface area contributed by atoms with E-state index in [4.69, 9.17) is 0 Å². The van der Waals surface area contributed by atoms with Gasteiger partial charge in [-0.25, -0.2) is 0 Å². The molecule has 1 saturated heterocycles. The van der Waals surface area contributed by atoms with Crippen molar-refractivity contribution in [2.75, 3.05) is 49.5 Å². The number of alkyl halides is 3. The van der Waals surface area contributed by atoms with Crippen molar-refractivity contribution >= 4 is 23.2 Å². The number of anilines is 2. The van der Waals surface area contributed by atoms with Gasteiger partial charge in [-0.3, -0.25) is 9.59 Å². The fourth-order valence-corrected chi connectivity index (χ4v) is 2.98. The average Bonchev–Trinajstić information content (AvgIpc) is 2.56. The summed E-state index contributed by atoms with van der Waals surface area (Å²) in [4.78, 5) is 26.4. The summed E-state index contributed by atoms with van der Waals surface area (Å²) in [6, 6.07) is 3.36. The lowest BCUT2D eigenvalue weighted by atomic mass is 10.1. The summed E-state index contributed by atoms with van der Waals surface area (Å²) < 4.78 is 39.1. The summed E-state index contributed by atoms with van der Waals surface area (Å²) in [7, 11) is 0. The minimum absolute atomic E-state index is 0.0291. The summed E-state index contributed by atoms with van der Waals surface area (Å²) in [5.74, 6) is -0.552. The monoisotopic (exact) mass is 373 g/mol. The fourth-order valence-electron chi connectivity index (χ4n) is 2.98. The van der Waals surface area contributed by atoms with Crippen LogP contribution in [0.25, 0.3) is 0 Å².